The SMILES string of the molecule is C=CCCOc1cccc(CN[C@@]2(C)C[C@H](O[C@H]3[C@H](Oc4c5cc6cc4Oc4ccc(cc4Cl)[C@@H](O)[C@@H](NC(=O)[C@@H](N)C(C)C)C(=O)N[C@@H](CC(N)=O)C(=O)N[C@H]6C(=O)N[C@H]4C(=O)N[C@H](C(=O)N[C@H](C(=O)N[C@H](C(=O)O)C(C)C)c6cc(O)cc(O)c6-c6cc4ccc6O)[C@H](O)c4ccc(c(Cl)c4)O5)O[C@H](CO)[C@@H](O)[C@@H]3O)O[C@@H](C)[C@H]2O)c1. The lowest BCUT2D eigenvalue weighted by atomic mass is 9.84. The number of aliphatic hydroxyl groups excluding tert-OH is 6. The zero-order chi connectivity index (χ0) is 85.8. The zero-order valence-corrected chi connectivity index (χ0v) is 65.8. The number of aliphatic hydroxyl groups is 6. The first-order valence-corrected chi connectivity index (χ1v) is 38.3. The van der Waals surface area contributed by atoms with Crippen molar-refractivity contribution < 1.29 is 127 Å². The number of benzene rings is 6. The predicted octanol–water partition coefficient (Wildman–Crippen LogP) is 2.38. The lowest BCUT2D eigenvalue weighted by Crippen LogP contribution is -2.65. The number of ether oxygens (including phenoxy) is 7. The van der Waals surface area contributed by atoms with Crippen LogP contribution in [0.25, 0.3) is 11.1 Å². The molecule has 632 valence electrons. The second kappa shape index (κ2) is 36.9. The standard InChI is InChI=1S/C80H92Cl2N10O26/c1-8-9-19-112-41-12-10-11-35(20-41)30-85-80(7)29-55(113-34(6)70(80)102)117-69-67(101)66(100)53(31-93)116-79(69)118-68-51-24-39-25-52(68)115-50-18-15-38(23-45(50)82)65(99)63-77(109)90-61(75(107)87-58(33(4)5)78(110)111)43-26-40(94)27-48(96)56(43)42-21-36(13-16-47(42)95)59(73(105)92-63)89-74(106)60(39)88-71(103)46(28-54(83)97)86-76(108)62(91-72(104)57(84)32(2)3)64(98)37-14-17-49(114-51)44(81)22-37/h8,10-18,20-27,32-34,46,53,55,57-67,69-70,79,85,93-96,98-102H,1,9,19,28-31,84H2,2-7H3,(H2,83,97)(H,86,108)(H,87,107)(H,88,103)(H,89,106)(H,90,109)(H,91,104)(H,92,105)(H,110,111)/t34-,46-,53+,55-,57-,58-,59+,60+,61-,62+,63-,64+,65+,66+,67-,69+,70+,79-,80-/m0/s1. The molecule has 118 heavy (non-hydrogen) atoms. The Labute approximate surface area is 684 Å². The third-order valence-corrected chi connectivity index (χ3v) is 21.4. The fraction of sp³-hybridized carbons (Fsp3) is 0.412. The first-order valence-electron chi connectivity index (χ1n) is 37.5. The van der Waals surface area contributed by atoms with E-state index < -0.39 is 271 Å². The summed E-state index contributed by atoms with van der Waals surface area (Å²) in [5.74, 6) is -18.3. The molecular weight excluding hydrogens is 1590 g/mol. The van der Waals surface area contributed by atoms with E-state index in [-0.39, 0.29) is 29.8 Å². The van der Waals surface area contributed by atoms with Crippen LogP contribution < -0.4 is 72.9 Å². The van der Waals surface area contributed by atoms with E-state index in [0.29, 0.717) is 18.8 Å². The van der Waals surface area contributed by atoms with Crippen LogP contribution >= 0.6 is 23.2 Å². The maximum Gasteiger partial charge on any atom is 0.326 e. The summed E-state index contributed by atoms with van der Waals surface area (Å²) < 4.78 is 45.3. The Hall–Kier alpha value is -11.0. The number of carbonyl (C=O) groups is 9. The Bertz CT molecular complexity index is 4850. The van der Waals surface area contributed by atoms with Gasteiger partial charge in [-0.3, -0.25) is 38.4 Å². The highest BCUT2D eigenvalue weighted by Gasteiger charge is 2.52. The van der Waals surface area contributed by atoms with Gasteiger partial charge in [0.05, 0.1) is 47.9 Å². The Morgan fingerprint density at radius 3 is 1.97 bits per heavy atom. The Morgan fingerprint density at radius 2 is 1.35 bits per heavy atom. The van der Waals surface area contributed by atoms with Crippen LogP contribution in [0.15, 0.2) is 116 Å². The lowest BCUT2D eigenvalue weighted by molar-refractivity contribution is -0.334. The van der Waals surface area contributed by atoms with Gasteiger partial charge in [0.15, 0.2) is 23.9 Å². The van der Waals surface area contributed by atoms with Crippen LogP contribution in [0.4, 0.5) is 0 Å². The van der Waals surface area contributed by atoms with Gasteiger partial charge in [-0.05, 0) is 132 Å². The van der Waals surface area contributed by atoms with Crippen LogP contribution in [0.3, 0.4) is 0 Å². The molecule has 38 heteroatoms. The molecule has 0 saturated carbocycles. The smallest absolute Gasteiger partial charge is 0.326 e. The molecule has 36 nitrogen and oxygen atoms in total. The van der Waals surface area contributed by atoms with Gasteiger partial charge in [0.1, 0.15) is 107 Å². The van der Waals surface area contributed by atoms with Crippen LogP contribution in [-0.4, -0.2) is 202 Å². The van der Waals surface area contributed by atoms with Gasteiger partial charge in [-0.15, -0.1) is 6.58 Å². The summed E-state index contributed by atoms with van der Waals surface area (Å²) in [4.78, 5) is 132. The minimum Gasteiger partial charge on any atom is -0.508 e. The van der Waals surface area contributed by atoms with E-state index in [0.717, 1.165) is 72.3 Å². The van der Waals surface area contributed by atoms with E-state index in [9.17, 15) is 75.0 Å². The van der Waals surface area contributed by atoms with Crippen LogP contribution in [0, 0.1) is 11.8 Å². The number of fused-ring (bicyclic) bond motifs is 15. The highest BCUT2D eigenvalue weighted by molar-refractivity contribution is 6.32. The molecule has 2 saturated heterocycles. The molecule has 0 aromatic heterocycles. The van der Waals surface area contributed by atoms with Crippen molar-refractivity contribution in [1.29, 1.82) is 0 Å². The molecule has 2 fully saturated rings. The molecule has 8 amide bonds. The zero-order valence-electron chi connectivity index (χ0n) is 64.3. The Kier molecular flexibility index (Phi) is 27.5. The number of primary amides is 1. The number of carbonyl (C=O) groups excluding carboxylic acids is 8. The first kappa shape index (κ1) is 87.9. The summed E-state index contributed by atoms with van der Waals surface area (Å²) in [5, 5.41) is 136. The lowest BCUT2D eigenvalue weighted by Gasteiger charge is -2.48. The third-order valence-electron chi connectivity index (χ3n) is 20.8. The molecule has 7 aliphatic heterocycles. The van der Waals surface area contributed by atoms with Crippen molar-refractivity contribution in [2.45, 2.75) is 183 Å². The van der Waals surface area contributed by atoms with Crippen molar-refractivity contribution >= 4 is 76.4 Å². The summed E-state index contributed by atoms with van der Waals surface area (Å²) in [5.41, 5.74) is 8.50. The first-order chi connectivity index (χ1) is 55.9. The van der Waals surface area contributed by atoms with Gasteiger partial charge in [0.2, 0.25) is 59.3 Å². The fourth-order valence-corrected chi connectivity index (χ4v) is 14.6. The molecule has 7 aliphatic rings. The van der Waals surface area contributed by atoms with Crippen LogP contribution in [-0.2, 0) is 63.9 Å². The number of phenols is 3. The van der Waals surface area contributed by atoms with E-state index >= 15 is 19.2 Å². The van der Waals surface area contributed by atoms with Crippen LogP contribution in [0.5, 0.6) is 51.7 Å². The fourth-order valence-electron chi connectivity index (χ4n) is 14.2. The summed E-state index contributed by atoms with van der Waals surface area (Å²) in [6.07, 6.45) is -16.9. The van der Waals surface area contributed by atoms with Crippen molar-refractivity contribution in [1.82, 2.24) is 42.5 Å². The molecule has 0 unspecified atom stereocenters. The van der Waals surface area contributed by atoms with E-state index in [1.807, 2.05) is 6.07 Å². The average molecular weight is 1680 g/mol. The van der Waals surface area contributed by atoms with Gasteiger partial charge in [-0.1, -0.05) is 87.3 Å². The number of hydrogen-bond acceptors (Lipinski definition) is 27. The molecule has 11 bridgehead atoms. The topological polar surface area (TPSA) is 569 Å². The number of aromatic hydroxyl groups is 3. The normalized spacial score (nSPS) is 27.1. The second-order valence-corrected chi connectivity index (χ2v) is 30.9. The third kappa shape index (κ3) is 19.4. The number of aliphatic carboxylic acids is 1. The van der Waals surface area contributed by atoms with Crippen LogP contribution in [0.1, 0.15) is 125 Å². The minimum absolute atomic E-state index is 0.163. The number of hydrogen-bond donors (Lipinski definition) is 20. The van der Waals surface area contributed by atoms with E-state index in [2.05, 4.69) is 49.1 Å². The largest absolute Gasteiger partial charge is 0.508 e. The number of nitrogens with one attached hydrogen (secondary N) is 8. The summed E-state index contributed by atoms with van der Waals surface area (Å²) in [7, 11) is 0. The van der Waals surface area contributed by atoms with Crippen molar-refractivity contribution in [3.8, 4) is 62.9 Å². The molecule has 0 radical (unpaired) electrons. The average Bonchev–Trinajstić information content (AvgIpc) is 0.764. The number of carboxylic acid groups (broad SMARTS) is 1. The minimum atomic E-state index is -2.40. The van der Waals surface area contributed by atoms with Crippen molar-refractivity contribution in [3.05, 3.63) is 159 Å². The second-order valence-electron chi connectivity index (χ2n) is 30.1. The van der Waals surface area contributed by atoms with Crippen LogP contribution in [0.2, 0.25) is 10.0 Å². The molecule has 0 aliphatic carbocycles. The quantitative estimate of drug-likeness (QED) is 0.0363. The number of phenolic OH excluding ortho intramolecular Hbond substituents is 3. The Balaban J connectivity index is 1.13. The number of rotatable bonds is 21. The van der Waals surface area contributed by atoms with Crippen molar-refractivity contribution in [2.75, 3.05) is 13.2 Å². The van der Waals surface area contributed by atoms with Gasteiger partial charge in [-0.2, -0.15) is 0 Å². The maximum atomic E-state index is 16.3. The highest BCUT2D eigenvalue weighted by Crippen LogP contribution is 2.50. The molecule has 13 rings (SSSR count). The van der Waals surface area contributed by atoms with Crippen molar-refractivity contribution in [3.63, 3.8) is 0 Å². The summed E-state index contributed by atoms with van der Waals surface area (Å²) in [6, 6.07) is 4.18. The molecule has 0 spiro atoms. The maximum absolute atomic E-state index is 16.3. The van der Waals surface area contributed by atoms with Gasteiger partial charge >= 0.3 is 5.97 Å². The number of carboxylic acids is 1. The number of amides is 8. The molecule has 6 aromatic carbocycles. The monoisotopic (exact) mass is 1680 g/mol. The predicted molar refractivity (Wildman–Crippen MR) is 416 cm³/mol. The highest BCUT2D eigenvalue weighted by atomic mass is 35.5. The van der Waals surface area contributed by atoms with E-state index in [1.165, 1.54) is 26.0 Å². The summed E-state index contributed by atoms with van der Waals surface area (Å²) in [6.45, 7) is 12.6. The van der Waals surface area contributed by atoms with E-state index in [4.69, 9.17) is 67.8 Å². The van der Waals surface area contributed by atoms with Gasteiger partial charge < -0.3 is 138 Å². The van der Waals surface area contributed by atoms with Gasteiger partial charge in [-0.25, -0.2) is 4.79 Å². The molecule has 6 aromatic rings. The Morgan fingerprint density at radius 1 is 0.712 bits per heavy atom. The van der Waals surface area contributed by atoms with Crippen molar-refractivity contribution in [2.24, 2.45) is 23.3 Å². The molecule has 7 heterocycles. The molecule has 19 atom stereocenters. The van der Waals surface area contributed by atoms with Gasteiger partial charge in [0.25, 0.3) is 0 Å². The number of halogens is 2. The van der Waals surface area contributed by atoms with E-state index in [1.54, 1.807) is 52.0 Å². The number of nitrogens with two attached hydrogens (primary N) is 2. The van der Waals surface area contributed by atoms with Gasteiger partial charge in [0, 0.05) is 35.7 Å². The molecular formula is C80H92Cl2N10O26. The molecule has 22 N–H and O–H groups in total. The summed E-state index contributed by atoms with van der Waals surface area (Å²) >= 11 is 14.3.